The van der Waals surface area contributed by atoms with Crippen LogP contribution in [-0.2, 0) is 19.9 Å². The summed E-state index contributed by atoms with van der Waals surface area (Å²) in [4.78, 5) is 0.130. The molecule has 1 saturated heterocycles. The third-order valence-electron chi connectivity index (χ3n) is 3.54. The first kappa shape index (κ1) is 16.7. The summed E-state index contributed by atoms with van der Waals surface area (Å²) in [5.74, 6) is 0.715. The van der Waals surface area contributed by atoms with E-state index < -0.39 is 19.9 Å². The summed E-state index contributed by atoms with van der Waals surface area (Å²) >= 11 is 0. The molecule has 1 unspecified atom stereocenters. The second-order valence-electron chi connectivity index (χ2n) is 5.47. The highest BCUT2D eigenvalue weighted by atomic mass is 32.2. The molecule has 2 N–H and O–H groups in total. The fourth-order valence-corrected chi connectivity index (χ4v) is 5.07. The van der Waals surface area contributed by atoms with Gasteiger partial charge in [-0.3, -0.25) is 4.72 Å². The lowest BCUT2D eigenvalue weighted by atomic mass is 10.2. The summed E-state index contributed by atoms with van der Waals surface area (Å²) in [7, 11) is -6.70. The van der Waals surface area contributed by atoms with E-state index in [1.807, 2.05) is 0 Å². The number of sulfone groups is 1. The Labute approximate surface area is 140 Å². The van der Waals surface area contributed by atoms with Crippen LogP contribution in [0.4, 0.5) is 11.6 Å². The molecule has 2 heterocycles. The van der Waals surface area contributed by atoms with Crippen molar-refractivity contribution in [1.29, 1.82) is 0 Å². The molecule has 24 heavy (non-hydrogen) atoms. The fraction of sp³-hybridized carbons (Fsp3) is 0.286. The van der Waals surface area contributed by atoms with E-state index in [4.69, 9.17) is 0 Å². The molecule has 0 saturated carbocycles. The molecular weight excluding hydrogens is 352 g/mol. The Morgan fingerprint density at radius 1 is 1.00 bits per heavy atom. The lowest BCUT2D eigenvalue weighted by Gasteiger charge is -2.11. The van der Waals surface area contributed by atoms with Gasteiger partial charge in [-0.15, -0.1) is 10.2 Å². The average Bonchev–Trinajstić information content (AvgIpc) is 2.89. The minimum atomic E-state index is -3.72. The van der Waals surface area contributed by atoms with Crippen LogP contribution in [0.25, 0.3) is 0 Å². The molecule has 0 amide bonds. The van der Waals surface area contributed by atoms with Gasteiger partial charge in [0.2, 0.25) is 0 Å². The molecule has 10 heteroatoms. The van der Waals surface area contributed by atoms with Crippen LogP contribution >= 0.6 is 0 Å². The topological polar surface area (TPSA) is 118 Å². The Hall–Kier alpha value is -2.20. The van der Waals surface area contributed by atoms with Crippen LogP contribution in [0, 0.1) is 0 Å². The van der Waals surface area contributed by atoms with Crippen LogP contribution < -0.4 is 10.0 Å². The van der Waals surface area contributed by atoms with E-state index in [2.05, 4.69) is 20.2 Å². The van der Waals surface area contributed by atoms with Crippen molar-refractivity contribution in [2.45, 2.75) is 17.4 Å². The third kappa shape index (κ3) is 4.01. The summed E-state index contributed by atoms with van der Waals surface area (Å²) < 4.78 is 49.5. The van der Waals surface area contributed by atoms with E-state index in [1.54, 1.807) is 24.3 Å². The highest BCUT2D eigenvalue weighted by Crippen LogP contribution is 2.17. The molecule has 1 aromatic heterocycles. The van der Waals surface area contributed by atoms with E-state index >= 15 is 0 Å². The second kappa shape index (κ2) is 6.36. The van der Waals surface area contributed by atoms with Crippen LogP contribution in [0.15, 0.2) is 47.4 Å². The van der Waals surface area contributed by atoms with Crippen molar-refractivity contribution in [3.05, 3.63) is 42.5 Å². The van der Waals surface area contributed by atoms with Gasteiger partial charge < -0.3 is 5.32 Å². The number of aromatic nitrogens is 2. The number of benzene rings is 1. The summed E-state index contributed by atoms with van der Waals surface area (Å²) in [5.41, 5.74) is 0. The van der Waals surface area contributed by atoms with Crippen molar-refractivity contribution in [2.75, 3.05) is 21.5 Å². The van der Waals surface area contributed by atoms with Crippen molar-refractivity contribution in [2.24, 2.45) is 0 Å². The van der Waals surface area contributed by atoms with Gasteiger partial charge in [-0.2, -0.15) is 0 Å². The molecule has 2 aromatic rings. The third-order valence-corrected chi connectivity index (χ3v) is 6.68. The molecule has 0 radical (unpaired) electrons. The Morgan fingerprint density at radius 2 is 1.67 bits per heavy atom. The van der Waals surface area contributed by atoms with Gasteiger partial charge in [0.15, 0.2) is 15.7 Å². The molecule has 0 bridgehead atoms. The van der Waals surface area contributed by atoms with Crippen LogP contribution in [0.2, 0.25) is 0 Å². The van der Waals surface area contributed by atoms with Crippen molar-refractivity contribution >= 4 is 31.5 Å². The maximum atomic E-state index is 12.2. The normalized spacial score (nSPS) is 19.8. The van der Waals surface area contributed by atoms with Gasteiger partial charge in [-0.05, 0) is 30.7 Å². The zero-order valence-electron chi connectivity index (χ0n) is 12.6. The number of hydrogen-bond donors (Lipinski definition) is 2. The van der Waals surface area contributed by atoms with Gasteiger partial charge >= 0.3 is 0 Å². The van der Waals surface area contributed by atoms with Gasteiger partial charge in [0, 0.05) is 6.04 Å². The van der Waals surface area contributed by atoms with Crippen molar-refractivity contribution in [3.8, 4) is 0 Å². The maximum Gasteiger partial charge on any atom is 0.263 e. The lowest BCUT2D eigenvalue weighted by molar-refractivity contribution is 0.599. The van der Waals surface area contributed by atoms with Gasteiger partial charge in [0.1, 0.15) is 5.82 Å². The molecule has 1 fully saturated rings. The van der Waals surface area contributed by atoms with Crippen molar-refractivity contribution in [1.82, 2.24) is 10.2 Å². The number of anilines is 2. The molecule has 1 aliphatic heterocycles. The van der Waals surface area contributed by atoms with E-state index in [0.717, 1.165) is 0 Å². The van der Waals surface area contributed by atoms with Gasteiger partial charge in [-0.25, -0.2) is 16.8 Å². The zero-order valence-corrected chi connectivity index (χ0v) is 14.2. The molecular formula is C14H16N4O4S2. The Morgan fingerprint density at radius 3 is 2.25 bits per heavy atom. The van der Waals surface area contributed by atoms with Gasteiger partial charge in [-0.1, -0.05) is 18.2 Å². The number of sulfonamides is 1. The largest absolute Gasteiger partial charge is 0.365 e. The van der Waals surface area contributed by atoms with Crippen LogP contribution in [0.3, 0.4) is 0 Å². The van der Waals surface area contributed by atoms with Crippen LogP contribution in [0.1, 0.15) is 6.42 Å². The Balaban J connectivity index is 1.67. The summed E-state index contributed by atoms with van der Waals surface area (Å²) in [6.07, 6.45) is 0.520. The number of hydrogen-bond acceptors (Lipinski definition) is 7. The van der Waals surface area contributed by atoms with Crippen molar-refractivity contribution in [3.63, 3.8) is 0 Å². The second-order valence-corrected chi connectivity index (χ2v) is 9.38. The highest BCUT2D eigenvalue weighted by molar-refractivity contribution is 7.92. The minimum absolute atomic E-state index is 0.0665. The predicted molar refractivity (Wildman–Crippen MR) is 90.0 cm³/mol. The molecule has 0 aliphatic carbocycles. The van der Waals surface area contributed by atoms with E-state index in [0.29, 0.717) is 12.2 Å². The van der Waals surface area contributed by atoms with Crippen LogP contribution in [0.5, 0.6) is 0 Å². The first-order chi connectivity index (χ1) is 11.3. The molecule has 0 spiro atoms. The number of nitrogens with one attached hydrogen (secondary N) is 2. The maximum absolute atomic E-state index is 12.2. The SMILES string of the molecule is O=S1(=O)CCC(Nc2ccc(NS(=O)(=O)c3ccccc3)nn2)C1. The first-order valence-corrected chi connectivity index (χ1v) is 10.5. The summed E-state index contributed by atoms with van der Waals surface area (Å²) in [6.45, 7) is 0. The molecule has 8 nitrogen and oxygen atoms in total. The summed E-state index contributed by atoms with van der Waals surface area (Å²) in [6, 6.07) is 10.8. The quantitative estimate of drug-likeness (QED) is 0.804. The van der Waals surface area contributed by atoms with Crippen LogP contribution in [-0.4, -0.2) is 44.6 Å². The summed E-state index contributed by atoms with van der Waals surface area (Å²) in [5, 5.41) is 10.7. The zero-order chi connectivity index (χ0) is 17.2. The van der Waals surface area contributed by atoms with Gasteiger partial charge in [0.25, 0.3) is 10.0 Å². The molecule has 1 aliphatic rings. The number of rotatable bonds is 5. The fourth-order valence-electron chi connectivity index (χ4n) is 2.38. The lowest BCUT2D eigenvalue weighted by Crippen LogP contribution is -2.21. The smallest absolute Gasteiger partial charge is 0.263 e. The van der Waals surface area contributed by atoms with E-state index in [-0.39, 0.29) is 28.3 Å². The Kier molecular flexibility index (Phi) is 4.41. The van der Waals surface area contributed by atoms with E-state index in [1.165, 1.54) is 18.2 Å². The molecule has 1 atom stereocenters. The minimum Gasteiger partial charge on any atom is -0.365 e. The monoisotopic (exact) mass is 368 g/mol. The molecule has 1 aromatic carbocycles. The van der Waals surface area contributed by atoms with Crippen molar-refractivity contribution < 1.29 is 16.8 Å². The van der Waals surface area contributed by atoms with Gasteiger partial charge in [0.05, 0.1) is 16.4 Å². The standard InChI is InChI=1S/C14H16N4O4S2/c19-23(20)9-8-11(10-23)15-13-6-7-14(17-16-13)18-24(21,22)12-4-2-1-3-5-12/h1-7,11H,8-10H2,(H,15,16)(H,17,18). The molecule has 3 rings (SSSR count). The first-order valence-electron chi connectivity index (χ1n) is 7.23. The highest BCUT2D eigenvalue weighted by Gasteiger charge is 2.28. The molecule has 128 valence electrons. The number of nitrogens with zero attached hydrogens (tertiary/aromatic N) is 2. The average molecular weight is 368 g/mol. The Bertz CT molecular complexity index is 913. The predicted octanol–water partition coefficient (Wildman–Crippen LogP) is 0.876. The van der Waals surface area contributed by atoms with E-state index in [9.17, 15) is 16.8 Å².